The molecule has 5 heteroatoms. The Hall–Kier alpha value is -1.88. The van der Waals surface area contributed by atoms with E-state index in [0.29, 0.717) is 6.54 Å². The van der Waals surface area contributed by atoms with Gasteiger partial charge in [0.05, 0.1) is 23.6 Å². The Kier molecular flexibility index (Phi) is 4.96. The lowest BCUT2D eigenvalue weighted by molar-refractivity contribution is -0.130. The first-order valence-electron chi connectivity index (χ1n) is 7.43. The van der Waals surface area contributed by atoms with E-state index in [4.69, 9.17) is 0 Å². The normalized spacial score (nSPS) is 12.6. The predicted molar refractivity (Wildman–Crippen MR) is 85.0 cm³/mol. The first-order chi connectivity index (χ1) is 10.0. The maximum Gasteiger partial charge on any atom is 0.238 e. The average molecular weight is 288 g/mol. The SMILES string of the molecule is CCCn1c(CNC(C)C(=O)N(C)C)nc2ccccc21. The van der Waals surface area contributed by atoms with Crippen LogP contribution in [-0.4, -0.2) is 40.5 Å². The lowest BCUT2D eigenvalue weighted by Gasteiger charge is -2.18. The van der Waals surface area contributed by atoms with Gasteiger partial charge >= 0.3 is 0 Å². The number of likely N-dealkylation sites (N-methyl/N-ethyl adjacent to an activating group) is 1. The van der Waals surface area contributed by atoms with Gasteiger partial charge in [0, 0.05) is 20.6 Å². The molecule has 2 aromatic rings. The summed E-state index contributed by atoms with van der Waals surface area (Å²) in [5, 5.41) is 3.27. The molecule has 1 unspecified atom stereocenters. The third-order valence-electron chi connectivity index (χ3n) is 3.56. The number of fused-ring (bicyclic) bond motifs is 1. The summed E-state index contributed by atoms with van der Waals surface area (Å²) in [6.07, 6.45) is 1.06. The molecule has 1 heterocycles. The Morgan fingerprint density at radius 1 is 1.38 bits per heavy atom. The molecule has 0 radical (unpaired) electrons. The highest BCUT2D eigenvalue weighted by molar-refractivity contribution is 5.81. The number of rotatable bonds is 6. The smallest absolute Gasteiger partial charge is 0.238 e. The van der Waals surface area contributed by atoms with E-state index >= 15 is 0 Å². The largest absolute Gasteiger partial charge is 0.347 e. The summed E-state index contributed by atoms with van der Waals surface area (Å²) in [4.78, 5) is 18.2. The highest BCUT2D eigenvalue weighted by atomic mass is 16.2. The molecule has 1 aromatic heterocycles. The molecule has 0 aliphatic carbocycles. The lowest BCUT2D eigenvalue weighted by atomic mass is 10.3. The van der Waals surface area contributed by atoms with E-state index in [9.17, 15) is 4.79 Å². The summed E-state index contributed by atoms with van der Waals surface area (Å²) in [7, 11) is 3.54. The van der Waals surface area contributed by atoms with Crippen LogP contribution in [0.15, 0.2) is 24.3 Å². The number of para-hydroxylation sites is 2. The van der Waals surface area contributed by atoms with Crippen molar-refractivity contribution in [1.82, 2.24) is 19.8 Å². The zero-order valence-corrected chi connectivity index (χ0v) is 13.3. The topological polar surface area (TPSA) is 50.2 Å². The number of hydrogen-bond donors (Lipinski definition) is 1. The Morgan fingerprint density at radius 3 is 2.76 bits per heavy atom. The van der Waals surface area contributed by atoms with Gasteiger partial charge in [-0.25, -0.2) is 4.98 Å². The van der Waals surface area contributed by atoms with Gasteiger partial charge in [-0.2, -0.15) is 0 Å². The number of imidazole rings is 1. The molecule has 2 rings (SSSR count). The fraction of sp³-hybridized carbons (Fsp3) is 0.500. The van der Waals surface area contributed by atoms with Crippen molar-refractivity contribution in [3.63, 3.8) is 0 Å². The van der Waals surface area contributed by atoms with Crippen molar-refractivity contribution in [1.29, 1.82) is 0 Å². The summed E-state index contributed by atoms with van der Waals surface area (Å²) in [5.41, 5.74) is 2.16. The molecule has 0 bridgehead atoms. The van der Waals surface area contributed by atoms with Crippen molar-refractivity contribution in [3.8, 4) is 0 Å². The minimum absolute atomic E-state index is 0.0770. The Labute approximate surface area is 126 Å². The molecule has 1 aromatic carbocycles. The number of aromatic nitrogens is 2. The third-order valence-corrected chi connectivity index (χ3v) is 3.56. The number of carbonyl (C=O) groups excluding carboxylic acids is 1. The molecule has 21 heavy (non-hydrogen) atoms. The Bertz CT molecular complexity index is 618. The van der Waals surface area contributed by atoms with E-state index in [1.165, 1.54) is 0 Å². The molecular formula is C16H24N4O. The van der Waals surface area contributed by atoms with Gasteiger partial charge in [0.2, 0.25) is 5.91 Å². The molecule has 1 atom stereocenters. The molecule has 0 saturated heterocycles. The van der Waals surface area contributed by atoms with Crippen molar-refractivity contribution in [2.45, 2.75) is 39.4 Å². The van der Waals surface area contributed by atoms with Crippen molar-refractivity contribution in [2.24, 2.45) is 0 Å². The van der Waals surface area contributed by atoms with Crippen molar-refractivity contribution in [3.05, 3.63) is 30.1 Å². The van der Waals surface area contributed by atoms with Gasteiger partial charge in [-0.05, 0) is 25.5 Å². The first kappa shape index (κ1) is 15.5. The highest BCUT2D eigenvalue weighted by Gasteiger charge is 2.16. The lowest BCUT2D eigenvalue weighted by Crippen LogP contribution is -2.41. The maximum atomic E-state index is 11.9. The average Bonchev–Trinajstić information content (AvgIpc) is 2.82. The van der Waals surface area contributed by atoms with Crippen molar-refractivity contribution < 1.29 is 4.79 Å². The number of aryl methyl sites for hydroxylation is 1. The third kappa shape index (κ3) is 3.42. The molecule has 0 spiro atoms. The minimum atomic E-state index is -0.213. The van der Waals surface area contributed by atoms with Crippen LogP contribution >= 0.6 is 0 Å². The second-order valence-corrected chi connectivity index (χ2v) is 5.50. The summed E-state index contributed by atoms with van der Waals surface area (Å²) in [6.45, 7) is 5.57. The fourth-order valence-electron chi connectivity index (χ4n) is 2.45. The monoisotopic (exact) mass is 288 g/mol. The number of carbonyl (C=O) groups is 1. The summed E-state index contributed by atoms with van der Waals surface area (Å²) < 4.78 is 2.23. The molecule has 5 nitrogen and oxygen atoms in total. The minimum Gasteiger partial charge on any atom is -0.347 e. The van der Waals surface area contributed by atoms with Crippen LogP contribution < -0.4 is 5.32 Å². The number of amides is 1. The van der Waals surface area contributed by atoms with Crippen LogP contribution in [0.25, 0.3) is 11.0 Å². The number of nitrogens with one attached hydrogen (secondary N) is 1. The van der Waals surface area contributed by atoms with Crippen LogP contribution in [-0.2, 0) is 17.9 Å². The van der Waals surface area contributed by atoms with Gasteiger partial charge in [-0.1, -0.05) is 19.1 Å². The molecule has 1 amide bonds. The second kappa shape index (κ2) is 6.72. The molecule has 114 valence electrons. The van der Waals surface area contributed by atoms with Gasteiger partial charge < -0.3 is 9.47 Å². The number of nitrogens with zero attached hydrogens (tertiary/aromatic N) is 3. The molecular weight excluding hydrogens is 264 g/mol. The Balaban J connectivity index is 2.18. The van der Waals surface area contributed by atoms with E-state index in [1.807, 2.05) is 25.1 Å². The predicted octanol–water partition coefficient (Wildman–Crippen LogP) is 2.01. The molecule has 0 aliphatic heterocycles. The highest BCUT2D eigenvalue weighted by Crippen LogP contribution is 2.16. The van der Waals surface area contributed by atoms with Crippen molar-refractivity contribution in [2.75, 3.05) is 14.1 Å². The van der Waals surface area contributed by atoms with Crippen molar-refractivity contribution >= 4 is 16.9 Å². The van der Waals surface area contributed by atoms with Gasteiger partial charge in [-0.15, -0.1) is 0 Å². The summed E-state index contributed by atoms with van der Waals surface area (Å²) in [6, 6.07) is 7.94. The molecule has 0 fully saturated rings. The standard InChI is InChI=1S/C16H24N4O/c1-5-10-20-14-9-7-6-8-13(14)18-15(20)11-17-12(2)16(21)19(3)4/h6-9,12,17H,5,10-11H2,1-4H3. The van der Waals surface area contributed by atoms with Crippen LogP contribution in [0.3, 0.4) is 0 Å². The van der Waals surface area contributed by atoms with Crippen LogP contribution in [0.2, 0.25) is 0 Å². The van der Waals surface area contributed by atoms with E-state index in [2.05, 4.69) is 27.9 Å². The quantitative estimate of drug-likeness (QED) is 0.884. The van der Waals surface area contributed by atoms with E-state index in [-0.39, 0.29) is 11.9 Å². The van der Waals surface area contributed by atoms with E-state index in [1.54, 1.807) is 19.0 Å². The fourth-order valence-corrected chi connectivity index (χ4v) is 2.45. The van der Waals surface area contributed by atoms with Gasteiger partial charge in [0.1, 0.15) is 5.82 Å². The number of benzene rings is 1. The van der Waals surface area contributed by atoms with Crippen LogP contribution in [0.1, 0.15) is 26.1 Å². The maximum absolute atomic E-state index is 11.9. The zero-order chi connectivity index (χ0) is 15.4. The van der Waals surface area contributed by atoms with E-state index < -0.39 is 0 Å². The molecule has 0 aliphatic rings. The van der Waals surface area contributed by atoms with Crippen LogP contribution in [0, 0.1) is 0 Å². The Morgan fingerprint density at radius 2 is 2.10 bits per heavy atom. The molecule has 1 N–H and O–H groups in total. The van der Waals surface area contributed by atoms with Gasteiger partial charge in [-0.3, -0.25) is 10.1 Å². The number of hydrogen-bond acceptors (Lipinski definition) is 3. The van der Waals surface area contributed by atoms with Crippen LogP contribution in [0.5, 0.6) is 0 Å². The summed E-state index contributed by atoms with van der Waals surface area (Å²) in [5.74, 6) is 1.06. The van der Waals surface area contributed by atoms with Gasteiger partial charge in [0.25, 0.3) is 0 Å². The zero-order valence-electron chi connectivity index (χ0n) is 13.3. The second-order valence-electron chi connectivity index (χ2n) is 5.50. The van der Waals surface area contributed by atoms with Gasteiger partial charge in [0.15, 0.2) is 0 Å². The first-order valence-corrected chi connectivity index (χ1v) is 7.43. The summed E-state index contributed by atoms with van der Waals surface area (Å²) >= 11 is 0. The van der Waals surface area contributed by atoms with E-state index in [0.717, 1.165) is 29.8 Å². The van der Waals surface area contributed by atoms with Crippen LogP contribution in [0.4, 0.5) is 0 Å². The molecule has 0 saturated carbocycles.